The summed E-state index contributed by atoms with van der Waals surface area (Å²) in [7, 11) is -3.75. The molecule has 5 rings (SSSR count). The number of aliphatic hydroxyl groups excluding tert-OH is 1. The van der Waals surface area contributed by atoms with Crippen molar-refractivity contribution >= 4 is 38.1 Å². The zero-order chi connectivity index (χ0) is 27.2. The largest absolute Gasteiger partial charge is 0.392 e. The van der Waals surface area contributed by atoms with Crippen LogP contribution in [-0.2, 0) is 25.8 Å². The van der Waals surface area contributed by atoms with Gasteiger partial charge in [-0.15, -0.1) is 11.3 Å². The number of nitrogens with one attached hydrogen (secondary N) is 1. The molecular formula is C28H37N3O5S2. The number of anilines is 1. The number of benzene rings is 1. The predicted molar refractivity (Wildman–Crippen MR) is 147 cm³/mol. The maximum absolute atomic E-state index is 13.1. The molecule has 38 heavy (non-hydrogen) atoms. The number of aromatic nitrogens is 1. The minimum absolute atomic E-state index is 0.0494. The molecule has 1 aliphatic heterocycles. The number of nitrogens with zero attached hydrogens (tertiary/aromatic N) is 2. The van der Waals surface area contributed by atoms with Gasteiger partial charge in [-0.25, -0.2) is 13.4 Å². The van der Waals surface area contributed by atoms with Crippen molar-refractivity contribution in [3.05, 3.63) is 40.9 Å². The van der Waals surface area contributed by atoms with Crippen molar-refractivity contribution in [3.8, 4) is 0 Å². The lowest BCUT2D eigenvalue weighted by molar-refractivity contribution is -0.143. The van der Waals surface area contributed by atoms with Crippen molar-refractivity contribution in [3.63, 3.8) is 0 Å². The maximum atomic E-state index is 13.1. The van der Waals surface area contributed by atoms with Crippen molar-refractivity contribution < 1.29 is 23.1 Å². The molecule has 6 atom stereocenters. The van der Waals surface area contributed by atoms with Gasteiger partial charge in [-0.05, 0) is 61.5 Å². The molecule has 10 heteroatoms. The quantitative estimate of drug-likeness (QED) is 0.555. The van der Waals surface area contributed by atoms with E-state index >= 15 is 0 Å². The molecule has 206 valence electrons. The fourth-order valence-electron chi connectivity index (χ4n) is 7.05. The molecule has 1 aromatic heterocycles. The Morgan fingerprint density at radius 3 is 2.61 bits per heavy atom. The highest BCUT2D eigenvalue weighted by Gasteiger charge is 2.54. The highest BCUT2D eigenvalue weighted by Crippen LogP contribution is 2.57. The summed E-state index contributed by atoms with van der Waals surface area (Å²) >= 11 is 1.39. The Bertz CT molecular complexity index is 1300. The number of sulfone groups is 1. The van der Waals surface area contributed by atoms with Gasteiger partial charge in [-0.2, -0.15) is 0 Å². The van der Waals surface area contributed by atoms with Gasteiger partial charge in [0.2, 0.25) is 11.8 Å². The van der Waals surface area contributed by atoms with Crippen molar-refractivity contribution in [2.24, 2.45) is 23.2 Å². The maximum Gasteiger partial charge on any atom is 0.241 e. The summed E-state index contributed by atoms with van der Waals surface area (Å²) in [4.78, 5) is 33.6. The lowest BCUT2D eigenvalue weighted by atomic mass is 9.53. The molecule has 2 aliphatic carbocycles. The summed E-state index contributed by atoms with van der Waals surface area (Å²) in [5.74, 6) is -1.53. The molecule has 2 fully saturated rings. The number of thiazole rings is 1. The van der Waals surface area contributed by atoms with Gasteiger partial charge >= 0.3 is 0 Å². The Kier molecular flexibility index (Phi) is 7.43. The molecule has 2 heterocycles. The van der Waals surface area contributed by atoms with Gasteiger partial charge in [0.25, 0.3) is 0 Å². The summed E-state index contributed by atoms with van der Waals surface area (Å²) in [5.41, 5.74) is 0.723. The van der Waals surface area contributed by atoms with E-state index in [1.807, 2.05) is 11.8 Å². The van der Waals surface area contributed by atoms with Crippen LogP contribution in [0.4, 0.5) is 5.13 Å². The second-order valence-electron chi connectivity index (χ2n) is 11.6. The Morgan fingerprint density at radius 2 is 1.92 bits per heavy atom. The summed E-state index contributed by atoms with van der Waals surface area (Å²) in [6, 6.07) is 7.94. The van der Waals surface area contributed by atoms with Crippen LogP contribution < -0.4 is 5.32 Å². The molecular weight excluding hydrogens is 522 g/mol. The molecule has 1 saturated carbocycles. The van der Waals surface area contributed by atoms with Crippen LogP contribution in [0, 0.1) is 23.2 Å². The number of aliphatic hydroxyl groups is 1. The summed E-state index contributed by atoms with van der Waals surface area (Å²) in [6.07, 6.45) is 3.94. The number of likely N-dealkylation sites (tertiary alicyclic amines) is 1. The van der Waals surface area contributed by atoms with E-state index in [4.69, 9.17) is 4.98 Å². The summed E-state index contributed by atoms with van der Waals surface area (Å²) in [5, 5.41) is 14.7. The Morgan fingerprint density at radius 1 is 1.24 bits per heavy atom. The van der Waals surface area contributed by atoms with E-state index in [0.29, 0.717) is 5.13 Å². The number of amides is 2. The van der Waals surface area contributed by atoms with Crippen molar-refractivity contribution in [2.45, 2.75) is 69.8 Å². The topological polar surface area (TPSA) is 117 Å². The van der Waals surface area contributed by atoms with E-state index in [9.17, 15) is 23.1 Å². The van der Waals surface area contributed by atoms with Gasteiger partial charge in [0.05, 0.1) is 16.7 Å². The van der Waals surface area contributed by atoms with Gasteiger partial charge < -0.3 is 15.3 Å². The SMILES string of the molecule is C[C@H](C(=O)N1CCCC1)[C@@H]1CC[C@@]2(C)Cc3sc(NC(=O)CS(=O)(=O)c4ccccc4)nc3[C@@H](C)[C@@H]2[C@H]1O. The highest BCUT2D eigenvalue weighted by molar-refractivity contribution is 7.92. The molecule has 8 nitrogen and oxygen atoms in total. The Labute approximate surface area is 228 Å². The summed E-state index contributed by atoms with van der Waals surface area (Å²) < 4.78 is 25.2. The first-order valence-corrected chi connectivity index (χ1v) is 16.0. The van der Waals surface area contributed by atoms with Crippen LogP contribution in [0.2, 0.25) is 0 Å². The van der Waals surface area contributed by atoms with Crippen LogP contribution in [0.25, 0.3) is 0 Å². The van der Waals surface area contributed by atoms with E-state index in [-0.39, 0.29) is 39.9 Å². The Balaban J connectivity index is 1.31. The minimum Gasteiger partial charge on any atom is -0.392 e. The number of fused-ring (bicyclic) bond motifs is 2. The summed E-state index contributed by atoms with van der Waals surface area (Å²) in [6.45, 7) is 7.88. The average molecular weight is 560 g/mol. The van der Waals surface area contributed by atoms with Gasteiger partial charge in [-0.1, -0.05) is 39.0 Å². The molecule has 1 saturated heterocycles. The first kappa shape index (κ1) is 27.3. The Hall–Kier alpha value is -2.30. The first-order chi connectivity index (χ1) is 18.0. The van der Waals surface area contributed by atoms with Gasteiger partial charge in [-0.3, -0.25) is 9.59 Å². The van der Waals surface area contributed by atoms with E-state index in [1.54, 1.807) is 18.2 Å². The normalized spacial score (nSPS) is 29.8. The van der Waals surface area contributed by atoms with Crippen molar-refractivity contribution in [1.29, 1.82) is 0 Å². The average Bonchev–Trinajstić information content (AvgIpc) is 3.53. The molecule has 0 spiro atoms. The van der Waals surface area contributed by atoms with Crippen LogP contribution in [-0.4, -0.2) is 60.2 Å². The van der Waals surface area contributed by atoms with E-state index in [2.05, 4.69) is 19.2 Å². The molecule has 2 aromatic rings. The van der Waals surface area contributed by atoms with Gasteiger partial charge in [0, 0.05) is 29.8 Å². The number of hydrogen-bond acceptors (Lipinski definition) is 7. The third-order valence-corrected chi connectivity index (χ3v) is 11.7. The van der Waals surface area contributed by atoms with Crippen LogP contribution in [0.3, 0.4) is 0 Å². The van der Waals surface area contributed by atoms with E-state index < -0.39 is 27.6 Å². The molecule has 0 unspecified atom stereocenters. The van der Waals surface area contributed by atoms with Gasteiger partial charge in [0.1, 0.15) is 5.75 Å². The zero-order valence-corrected chi connectivity index (χ0v) is 23.9. The second kappa shape index (κ2) is 10.4. The number of carbonyl (C=O) groups is 2. The zero-order valence-electron chi connectivity index (χ0n) is 22.2. The van der Waals surface area contributed by atoms with Crippen LogP contribution in [0.1, 0.15) is 62.9 Å². The third-order valence-electron chi connectivity index (χ3n) is 9.04. The lowest BCUT2D eigenvalue weighted by Gasteiger charge is -2.53. The molecule has 0 bridgehead atoms. The molecule has 2 amide bonds. The third kappa shape index (κ3) is 5.02. The van der Waals surface area contributed by atoms with Crippen LogP contribution >= 0.6 is 11.3 Å². The van der Waals surface area contributed by atoms with Gasteiger partial charge in [0.15, 0.2) is 15.0 Å². The molecule has 3 aliphatic rings. The predicted octanol–water partition coefficient (Wildman–Crippen LogP) is 3.87. The van der Waals surface area contributed by atoms with E-state index in [0.717, 1.165) is 55.8 Å². The molecule has 0 radical (unpaired) electrons. The first-order valence-electron chi connectivity index (χ1n) is 13.5. The van der Waals surface area contributed by atoms with Crippen LogP contribution in [0.15, 0.2) is 35.2 Å². The fourth-order valence-corrected chi connectivity index (χ4v) is 9.48. The number of carbonyl (C=O) groups excluding carboxylic acids is 2. The lowest BCUT2D eigenvalue weighted by Crippen LogP contribution is -2.53. The fraction of sp³-hybridized carbons (Fsp3) is 0.607. The minimum atomic E-state index is -3.75. The second-order valence-corrected chi connectivity index (χ2v) is 14.7. The number of hydrogen-bond donors (Lipinski definition) is 2. The standard InChI is InChI=1S/C28H37N3O5S2/c1-17(26(34)31-13-7-8-14-31)20-11-12-28(3)15-21-24(18(2)23(28)25(20)33)30-27(37-21)29-22(32)16-38(35,36)19-9-5-4-6-10-19/h4-6,9-10,17-18,20,23,25,33H,7-8,11-16H2,1-3H3,(H,29,30,32)/t17-,18-,20-,23+,25-,28-/m0/s1. The van der Waals surface area contributed by atoms with E-state index in [1.165, 1.54) is 23.5 Å². The van der Waals surface area contributed by atoms with Crippen LogP contribution in [0.5, 0.6) is 0 Å². The monoisotopic (exact) mass is 559 g/mol. The smallest absolute Gasteiger partial charge is 0.241 e. The molecule has 2 N–H and O–H groups in total. The number of rotatable bonds is 6. The molecule has 1 aromatic carbocycles. The van der Waals surface area contributed by atoms with Crippen molar-refractivity contribution in [2.75, 3.05) is 24.2 Å². The van der Waals surface area contributed by atoms with Crippen molar-refractivity contribution in [1.82, 2.24) is 9.88 Å². The highest BCUT2D eigenvalue weighted by atomic mass is 32.2.